The number of nitrogens with one attached hydrogen (secondary N) is 2. The molecule has 1 saturated heterocycles. The quantitative estimate of drug-likeness (QED) is 0.653. The van der Waals surface area contributed by atoms with Crippen LogP contribution < -0.4 is 10.6 Å². The monoisotopic (exact) mass is 341 g/mol. The molecule has 0 radical (unpaired) electrons. The molecule has 2 unspecified atom stereocenters. The molecule has 1 aliphatic rings. The largest absolute Gasteiger partial charge is 0.319 e. The van der Waals surface area contributed by atoms with Gasteiger partial charge in [-0.05, 0) is 37.4 Å². The molecule has 1 aliphatic heterocycles. The summed E-state index contributed by atoms with van der Waals surface area (Å²) in [4.78, 5) is 22.7. The molecule has 1 fully saturated rings. The predicted molar refractivity (Wildman–Crippen MR) is 79.6 cm³/mol. The first-order valence-corrected chi connectivity index (χ1v) is 7.26. The van der Waals surface area contributed by atoms with Gasteiger partial charge in [0.1, 0.15) is 5.69 Å². The lowest BCUT2D eigenvalue weighted by molar-refractivity contribution is -0.384. The number of rotatable bonds is 3. The molecule has 1 heterocycles. The Morgan fingerprint density at radius 3 is 2.95 bits per heavy atom. The molecule has 1 aromatic carbocycles. The highest BCUT2D eigenvalue weighted by Gasteiger charge is 2.28. The fourth-order valence-corrected chi connectivity index (χ4v) is 2.72. The molecule has 0 saturated carbocycles. The fraction of sp³-hybridized carbons (Fsp3) is 0.462. The lowest BCUT2D eigenvalue weighted by atomic mass is 9.92. The van der Waals surface area contributed by atoms with Crippen LogP contribution in [0.25, 0.3) is 0 Å². The van der Waals surface area contributed by atoms with E-state index < -0.39 is 4.92 Å². The van der Waals surface area contributed by atoms with E-state index in [2.05, 4.69) is 26.6 Å². The molecule has 1 aromatic rings. The van der Waals surface area contributed by atoms with Gasteiger partial charge in [0.15, 0.2) is 0 Å². The van der Waals surface area contributed by atoms with Gasteiger partial charge in [-0.2, -0.15) is 0 Å². The van der Waals surface area contributed by atoms with Gasteiger partial charge >= 0.3 is 0 Å². The number of nitrogens with zero attached hydrogens (tertiary/aromatic N) is 1. The Kier molecular flexibility index (Phi) is 4.72. The molecule has 0 spiro atoms. The smallest absolute Gasteiger partial charge is 0.293 e. The van der Waals surface area contributed by atoms with Gasteiger partial charge in [-0.1, -0.05) is 22.9 Å². The summed E-state index contributed by atoms with van der Waals surface area (Å²) in [5.74, 6) is 0.000812. The van der Waals surface area contributed by atoms with Crippen molar-refractivity contribution in [3.63, 3.8) is 0 Å². The standard InChI is InChI=1S/C13H16BrN3O3/c1-8-3-2-6-15-12(8)13(18)16-10-5-4-9(14)7-11(10)17(19)20/h4-5,7-8,12,15H,2-3,6H2,1H3,(H,16,18). The molecule has 6 nitrogen and oxygen atoms in total. The van der Waals surface area contributed by atoms with Crippen LogP contribution in [0.3, 0.4) is 0 Å². The first kappa shape index (κ1) is 14.9. The van der Waals surface area contributed by atoms with Gasteiger partial charge in [0.2, 0.25) is 5.91 Å². The fourth-order valence-electron chi connectivity index (χ4n) is 2.37. The zero-order valence-corrected chi connectivity index (χ0v) is 12.6. The van der Waals surface area contributed by atoms with Crippen molar-refractivity contribution >= 4 is 33.2 Å². The zero-order valence-electron chi connectivity index (χ0n) is 11.1. The van der Waals surface area contributed by atoms with Crippen molar-refractivity contribution in [3.05, 3.63) is 32.8 Å². The Labute approximate surface area is 125 Å². The molecule has 2 atom stereocenters. The van der Waals surface area contributed by atoms with Crippen LogP contribution in [0.1, 0.15) is 19.8 Å². The molecule has 2 N–H and O–H groups in total. The van der Waals surface area contributed by atoms with E-state index >= 15 is 0 Å². The molecule has 0 aliphatic carbocycles. The molecule has 20 heavy (non-hydrogen) atoms. The number of nitro groups is 1. The average Bonchev–Trinajstić information content (AvgIpc) is 2.41. The number of anilines is 1. The Morgan fingerprint density at radius 1 is 1.55 bits per heavy atom. The van der Waals surface area contributed by atoms with Gasteiger partial charge in [-0.25, -0.2) is 0 Å². The summed E-state index contributed by atoms with van der Waals surface area (Å²) in [7, 11) is 0. The second-order valence-corrected chi connectivity index (χ2v) is 5.87. The van der Waals surface area contributed by atoms with Crippen LogP contribution in [0.5, 0.6) is 0 Å². The summed E-state index contributed by atoms with van der Waals surface area (Å²) in [5, 5.41) is 16.8. The lowest BCUT2D eigenvalue weighted by Gasteiger charge is -2.28. The third-order valence-corrected chi connectivity index (χ3v) is 3.96. The van der Waals surface area contributed by atoms with Crippen LogP contribution in [0.4, 0.5) is 11.4 Å². The topological polar surface area (TPSA) is 84.3 Å². The van der Waals surface area contributed by atoms with Crippen LogP contribution >= 0.6 is 15.9 Å². The minimum atomic E-state index is -0.502. The van der Waals surface area contributed by atoms with Crippen LogP contribution in [-0.4, -0.2) is 23.4 Å². The van der Waals surface area contributed by atoms with Crippen molar-refractivity contribution in [2.24, 2.45) is 5.92 Å². The average molecular weight is 342 g/mol. The second kappa shape index (κ2) is 6.32. The molecule has 1 amide bonds. The molecule has 7 heteroatoms. The molecular formula is C13H16BrN3O3. The maximum Gasteiger partial charge on any atom is 0.293 e. The third-order valence-electron chi connectivity index (χ3n) is 3.47. The number of piperidine rings is 1. The summed E-state index contributed by atoms with van der Waals surface area (Å²) in [6, 6.07) is 4.29. The first-order valence-electron chi connectivity index (χ1n) is 6.47. The van der Waals surface area contributed by atoms with Crippen molar-refractivity contribution < 1.29 is 9.72 Å². The lowest BCUT2D eigenvalue weighted by Crippen LogP contribution is -2.48. The maximum atomic E-state index is 12.2. The van der Waals surface area contributed by atoms with E-state index in [-0.39, 0.29) is 29.2 Å². The Balaban J connectivity index is 2.17. The summed E-state index contributed by atoms with van der Waals surface area (Å²) >= 11 is 3.19. The van der Waals surface area contributed by atoms with E-state index in [1.165, 1.54) is 12.1 Å². The van der Waals surface area contributed by atoms with E-state index in [9.17, 15) is 14.9 Å². The van der Waals surface area contributed by atoms with E-state index in [4.69, 9.17) is 0 Å². The highest BCUT2D eigenvalue weighted by Crippen LogP contribution is 2.28. The van der Waals surface area contributed by atoms with Crippen LogP contribution in [-0.2, 0) is 4.79 Å². The van der Waals surface area contributed by atoms with Crippen molar-refractivity contribution in [1.29, 1.82) is 0 Å². The summed E-state index contributed by atoms with van der Waals surface area (Å²) in [5.41, 5.74) is 0.110. The van der Waals surface area contributed by atoms with Gasteiger partial charge < -0.3 is 10.6 Å². The Morgan fingerprint density at radius 2 is 2.30 bits per heavy atom. The number of benzene rings is 1. The van der Waals surface area contributed by atoms with Gasteiger partial charge in [0, 0.05) is 10.5 Å². The number of nitro benzene ring substituents is 1. The number of carbonyl (C=O) groups excluding carboxylic acids is 1. The normalized spacial score (nSPS) is 22.3. The Hall–Kier alpha value is -1.47. The number of carbonyl (C=O) groups is 1. The summed E-state index contributed by atoms with van der Waals surface area (Å²) in [6.45, 7) is 2.80. The first-order chi connectivity index (χ1) is 9.49. The van der Waals surface area contributed by atoms with Gasteiger partial charge in [-0.3, -0.25) is 14.9 Å². The highest BCUT2D eigenvalue weighted by molar-refractivity contribution is 9.10. The molecule has 0 bridgehead atoms. The van der Waals surface area contributed by atoms with Crippen LogP contribution in [0.2, 0.25) is 0 Å². The van der Waals surface area contributed by atoms with Gasteiger partial charge in [0.25, 0.3) is 5.69 Å². The van der Waals surface area contributed by atoms with Crippen molar-refractivity contribution in [1.82, 2.24) is 5.32 Å². The van der Waals surface area contributed by atoms with Crippen molar-refractivity contribution in [3.8, 4) is 0 Å². The van der Waals surface area contributed by atoms with E-state index in [1.807, 2.05) is 6.92 Å². The predicted octanol–water partition coefficient (Wildman–Crippen LogP) is 2.68. The molecular weight excluding hydrogens is 326 g/mol. The zero-order chi connectivity index (χ0) is 14.7. The van der Waals surface area contributed by atoms with E-state index in [1.54, 1.807) is 6.07 Å². The van der Waals surface area contributed by atoms with Gasteiger partial charge in [-0.15, -0.1) is 0 Å². The van der Waals surface area contributed by atoms with E-state index in [0.29, 0.717) is 4.47 Å². The second-order valence-electron chi connectivity index (χ2n) is 4.96. The summed E-state index contributed by atoms with van der Waals surface area (Å²) in [6.07, 6.45) is 2.02. The minimum Gasteiger partial charge on any atom is -0.319 e. The van der Waals surface area contributed by atoms with Crippen LogP contribution in [0, 0.1) is 16.0 Å². The third kappa shape index (κ3) is 3.34. The van der Waals surface area contributed by atoms with Crippen molar-refractivity contribution in [2.45, 2.75) is 25.8 Å². The SMILES string of the molecule is CC1CCCNC1C(=O)Nc1ccc(Br)cc1[N+](=O)[O-]. The molecule has 2 rings (SSSR count). The van der Waals surface area contributed by atoms with E-state index in [0.717, 1.165) is 19.4 Å². The minimum absolute atomic E-state index is 0.115. The Bertz CT molecular complexity index is 536. The van der Waals surface area contributed by atoms with Crippen molar-refractivity contribution in [2.75, 3.05) is 11.9 Å². The van der Waals surface area contributed by atoms with Gasteiger partial charge in [0.05, 0.1) is 11.0 Å². The molecule has 108 valence electrons. The van der Waals surface area contributed by atoms with Crippen LogP contribution in [0.15, 0.2) is 22.7 Å². The summed E-state index contributed by atoms with van der Waals surface area (Å²) < 4.78 is 0.603. The number of hydrogen-bond donors (Lipinski definition) is 2. The maximum absolute atomic E-state index is 12.2. The number of amides is 1. The molecule has 0 aromatic heterocycles. The number of halogens is 1. The number of hydrogen-bond acceptors (Lipinski definition) is 4. The highest BCUT2D eigenvalue weighted by atomic mass is 79.9.